The zero-order valence-corrected chi connectivity index (χ0v) is 23.1. The lowest BCUT2D eigenvalue weighted by Gasteiger charge is -2.32. The molecule has 1 fully saturated rings. The number of thioether (sulfide) groups is 1. The quantitative estimate of drug-likeness (QED) is 0.279. The third-order valence-corrected chi connectivity index (χ3v) is 8.06. The minimum atomic E-state index is -0.624. The molecular formula is C30H32Cl2N2O2S. The van der Waals surface area contributed by atoms with Crippen molar-refractivity contribution in [2.45, 2.75) is 56.5 Å². The van der Waals surface area contributed by atoms with Crippen LogP contribution in [-0.2, 0) is 28.3 Å². The summed E-state index contributed by atoms with van der Waals surface area (Å²) in [5, 5.41) is 4.53. The first-order valence-corrected chi connectivity index (χ1v) is 14.6. The molecule has 0 aromatic heterocycles. The van der Waals surface area contributed by atoms with Crippen molar-refractivity contribution in [2.24, 2.45) is 0 Å². The number of nitrogens with one attached hydrogen (secondary N) is 1. The molecule has 1 atom stereocenters. The van der Waals surface area contributed by atoms with E-state index in [-0.39, 0.29) is 23.6 Å². The lowest BCUT2D eigenvalue weighted by Crippen LogP contribution is -2.52. The molecule has 1 saturated carbocycles. The molecule has 4 nitrogen and oxygen atoms in total. The molecule has 0 heterocycles. The molecule has 2 amide bonds. The maximum absolute atomic E-state index is 13.7. The first kappa shape index (κ1) is 27.6. The number of carbonyl (C=O) groups excluding carboxylic acids is 2. The highest BCUT2D eigenvalue weighted by Gasteiger charge is 2.32. The van der Waals surface area contributed by atoms with Crippen LogP contribution < -0.4 is 5.32 Å². The third kappa shape index (κ3) is 8.53. The van der Waals surface area contributed by atoms with Gasteiger partial charge in [-0.2, -0.15) is 0 Å². The van der Waals surface area contributed by atoms with Gasteiger partial charge in [-0.3, -0.25) is 9.59 Å². The number of nitrogens with zero attached hydrogens (tertiary/aromatic N) is 1. The fourth-order valence-electron chi connectivity index (χ4n) is 4.72. The van der Waals surface area contributed by atoms with Crippen molar-refractivity contribution < 1.29 is 9.59 Å². The van der Waals surface area contributed by atoms with Gasteiger partial charge in [0.05, 0.1) is 5.75 Å². The monoisotopic (exact) mass is 554 g/mol. The van der Waals surface area contributed by atoms with Crippen molar-refractivity contribution in [3.05, 3.63) is 106 Å². The molecule has 3 aromatic rings. The van der Waals surface area contributed by atoms with Crippen LogP contribution in [0.5, 0.6) is 0 Å². The van der Waals surface area contributed by atoms with Gasteiger partial charge in [0.2, 0.25) is 11.8 Å². The van der Waals surface area contributed by atoms with E-state index in [1.165, 1.54) is 11.8 Å². The van der Waals surface area contributed by atoms with E-state index in [0.717, 1.165) is 42.4 Å². The standard InChI is InChI=1S/C30H32Cl2N2O2S/c31-25-12-6-10-23(16-25)19-34(29(35)21-37-20-24-11-7-13-26(32)17-24)28(18-22-8-2-1-3-9-22)30(36)33-27-14-4-5-15-27/h1-3,6-13,16-17,27-28H,4-5,14-15,18-21H2,(H,33,36)/t28-/m0/s1. The first-order valence-electron chi connectivity index (χ1n) is 12.7. The highest BCUT2D eigenvalue weighted by atomic mass is 35.5. The molecule has 0 aliphatic heterocycles. The minimum Gasteiger partial charge on any atom is -0.352 e. The van der Waals surface area contributed by atoms with Gasteiger partial charge >= 0.3 is 0 Å². The van der Waals surface area contributed by atoms with Gasteiger partial charge in [0.25, 0.3) is 0 Å². The Bertz CT molecular complexity index is 1180. The molecule has 4 rings (SSSR count). The smallest absolute Gasteiger partial charge is 0.243 e. The second-order valence-corrected chi connectivity index (χ2v) is 11.3. The Morgan fingerprint density at radius 2 is 1.49 bits per heavy atom. The van der Waals surface area contributed by atoms with Crippen LogP contribution in [0.1, 0.15) is 42.4 Å². The second-order valence-electron chi connectivity index (χ2n) is 9.47. The Labute approximate surface area is 233 Å². The van der Waals surface area contributed by atoms with Gasteiger partial charge in [0.15, 0.2) is 0 Å². The molecule has 3 aromatic carbocycles. The number of carbonyl (C=O) groups is 2. The highest BCUT2D eigenvalue weighted by Crippen LogP contribution is 2.22. The number of benzene rings is 3. The van der Waals surface area contributed by atoms with Crippen molar-refractivity contribution >= 4 is 46.8 Å². The molecule has 194 valence electrons. The second kappa shape index (κ2) is 13.9. The maximum Gasteiger partial charge on any atom is 0.243 e. The third-order valence-electron chi connectivity index (χ3n) is 6.60. The molecule has 0 radical (unpaired) electrons. The van der Waals surface area contributed by atoms with E-state index < -0.39 is 6.04 Å². The van der Waals surface area contributed by atoms with E-state index in [1.54, 1.807) is 4.90 Å². The van der Waals surface area contributed by atoms with Gasteiger partial charge < -0.3 is 10.2 Å². The van der Waals surface area contributed by atoms with E-state index >= 15 is 0 Å². The van der Waals surface area contributed by atoms with Gasteiger partial charge in [-0.25, -0.2) is 0 Å². The van der Waals surface area contributed by atoms with Crippen LogP contribution in [0.25, 0.3) is 0 Å². The SMILES string of the molecule is O=C(NC1CCCC1)[C@H](Cc1ccccc1)N(Cc1cccc(Cl)c1)C(=O)CSCc1cccc(Cl)c1. The molecule has 1 aliphatic rings. The maximum atomic E-state index is 13.7. The summed E-state index contributed by atoms with van der Waals surface area (Å²) in [7, 11) is 0. The molecule has 7 heteroatoms. The van der Waals surface area contributed by atoms with Crippen LogP contribution >= 0.6 is 35.0 Å². The van der Waals surface area contributed by atoms with Crippen molar-refractivity contribution in [3.63, 3.8) is 0 Å². The summed E-state index contributed by atoms with van der Waals surface area (Å²) in [5.74, 6) is 0.754. The number of hydrogen-bond acceptors (Lipinski definition) is 3. The zero-order chi connectivity index (χ0) is 26.0. The summed E-state index contributed by atoms with van der Waals surface area (Å²) in [6.07, 6.45) is 4.67. The van der Waals surface area contributed by atoms with Crippen LogP contribution in [-0.4, -0.2) is 34.6 Å². The van der Waals surface area contributed by atoms with Crippen LogP contribution in [0.4, 0.5) is 0 Å². The van der Waals surface area contributed by atoms with E-state index in [2.05, 4.69) is 5.32 Å². The zero-order valence-electron chi connectivity index (χ0n) is 20.7. The molecule has 0 saturated heterocycles. The number of hydrogen-bond donors (Lipinski definition) is 1. The molecule has 1 aliphatic carbocycles. The summed E-state index contributed by atoms with van der Waals surface area (Å²) in [4.78, 5) is 29.1. The topological polar surface area (TPSA) is 49.4 Å². The van der Waals surface area contributed by atoms with E-state index in [9.17, 15) is 9.59 Å². The summed E-state index contributed by atoms with van der Waals surface area (Å²) in [6.45, 7) is 0.312. The predicted octanol–water partition coefficient (Wildman–Crippen LogP) is 6.93. The predicted molar refractivity (Wildman–Crippen MR) is 154 cm³/mol. The lowest BCUT2D eigenvalue weighted by atomic mass is 10.0. The summed E-state index contributed by atoms with van der Waals surface area (Å²) >= 11 is 13.9. The normalized spacial score (nSPS) is 14.3. The molecule has 0 bridgehead atoms. The summed E-state index contributed by atoms with van der Waals surface area (Å²) in [5.41, 5.74) is 2.98. The van der Waals surface area contributed by atoms with E-state index in [1.807, 2.05) is 78.9 Å². The largest absolute Gasteiger partial charge is 0.352 e. The Balaban J connectivity index is 1.56. The average Bonchev–Trinajstić information content (AvgIpc) is 3.40. The van der Waals surface area contributed by atoms with Gasteiger partial charge in [0, 0.05) is 34.8 Å². The van der Waals surface area contributed by atoms with Gasteiger partial charge in [-0.1, -0.05) is 90.6 Å². The van der Waals surface area contributed by atoms with E-state index in [4.69, 9.17) is 23.2 Å². The summed E-state index contributed by atoms with van der Waals surface area (Å²) in [6, 6.07) is 24.6. The fourth-order valence-corrected chi connectivity index (χ4v) is 6.00. The van der Waals surface area contributed by atoms with Gasteiger partial charge in [-0.15, -0.1) is 11.8 Å². The first-order chi connectivity index (χ1) is 18.0. The Morgan fingerprint density at radius 3 is 2.16 bits per heavy atom. The van der Waals surface area contributed by atoms with E-state index in [0.29, 0.717) is 28.8 Å². The van der Waals surface area contributed by atoms with Crippen molar-refractivity contribution in [3.8, 4) is 0 Å². The Kier molecular flexibility index (Phi) is 10.4. The van der Waals surface area contributed by atoms with Crippen molar-refractivity contribution in [2.75, 3.05) is 5.75 Å². The van der Waals surface area contributed by atoms with Gasteiger partial charge in [-0.05, 0) is 53.8 Å². The Morgan fingerprint density at radius 1 is 0.865 bits per heavy atom. The van der Waals surface area contributed by atoms with Crippen molar-refractivity contribution in [1.82, 2.24) is 10.2 Å². The number of rotatable bonds is 11. The molecule has 0 spiro atoms. The minimum absolute atomic E-state index is 0.0745. The van der Waals surface area contributed by atoms with Crippen LogP contribution in [0.3, 0.4) is 0 Å². The van der Waals surface area contributed by atoms with Crippen molar-refractivity contribution in [1.29, 1.82) is 0 Å². The summed E-state index contributed by atoms with van der Waals surface area (Å²) < 4.78 is 0. The molecule has 1 N–H and O–H groups in total. The molecule has 37 heavy (non-hydrogen) atoms. The van der Waals surface area contributed by atoms with Crippen LogP contribution in [0.15, 0.2) is 78.9 Å². The molecule has 0 unspecified atom stereocenters. The van der Waals surface area contributed by atoms with Gasteiger partial charge in [0.1, 0.15) is 6.04 Å². The number of halogens is 2. The Hall–Kier alpha value is -2.47. The lowest BCUT2D eigenvalue weighted by molar-refractivity contribution is -0.139. The highest BCUT2D eigenvalue weighted by molar-refractivity contribution is 7.99. The van der Waals surface area contributed by atoms with Crippen LogP contribution in [0.2, 0.25) is 10.0 Å². The number of amides is 2. The average molecular weight is 556 g/mol. The molecular weight excluding hydrogens is 523 g/mol. The fraction of sp³-hybridized carbons (Fsp3) is 0.333. The van der Waals surface area contributed by atoms with Crippen LogP contribution in [0, 0.1) is 0 Å².